The van der Waals surface area contributed by atoms with Crippen LogP contribution in [0.15, 0.2) is 30.3 Å². The lowest BCUT2D eigenvalue weighted by molar-refractivity contribution is -0.142. The third kappa shape index (κ3) is 4.46. The van der Waals surface area contributed by atoms with Crippen LogP contribution < -0.4 is 4.90 Å². The van der Waals surface area contributed by atoms with Crippen molar-refractivity contribution in [2.75, 3.05) is 18.0 Å². The molecule has 10 heteroatoms. The van der Waals surface area contributed by atoms with Crippen LogP contribution in [0.25, 0.3) is 16.9 Å². The zero-order chi connectivity index (χ0) is 22.3. The van der Waals surface area contributed by atoms with Gasteiger partial charge >= 0.3 is 12.1 Å². The number of benzene rings is 1. The number of hydrogen-bond donors (Lipinski definition) is 1. The van der Waals surface area contributed by atoms with Gasteiger partial charge in [0.1, 0.15) is 5.82 Å². The molecule has 0 bridgehead atoms. The molecule has 4 rings (SSSR count). The number of rotatable bonds is 4. The van der Waals surface area contributed by atoms with Crippen LogP contribution in [-0.2, 0) is 11.2 Å². The summed E-state index contributed by atoms with van der Waals surface area (Å²) in [4.78, 5) is 17.6. The second kappa shape index (κ2) is 8.03. The van der Waals surface area contributed by atoms with Crippen LogP contribution in [0.1, 0.15) is 24.1 Å². The average molecular weight is 453 g/mol. The summed E-state index contributed by atoms with van der Waals surface area (Å²) in [7, 11) is 0. The molecule has 0 amide bonds. The molecule has 0 radical (unpaired) electrons. The molecule has 1 atom stereocenters. The van der Waals surface area contributed by atoms with E-state index in [0.29, 0.717) is 35.8 Å². The zero-order valence-corrected chi connectivity index (χ0v) is 17.4. The second-order valence-electron chi connectivity index (χ2n) is 7.72. The molecule has 0 unspecified atom stereocenters. The van der Waals surface area contributed by atoms with Crippen molar-refractivity contribution in [2.45, 2.75) is 32.4 Å². The first-order chi connectivity index (χ1) is 14.6. The summed E-state index contributed by atoms with van der Waals surface area (Å²) in [6, 6.07) is 8.66. The molecular weight excluding hydrogens is 433 g/mol. The van der Waals surface area contributed by atoms with Crippen molar-refractivity contribution in [3.05, 3.63) is 46.6 Å². The van der Waals surface area contributed by atoms with Crippen LogP contribution in [0.5, 0.6) is 0 Å². The van der Waals surface area contributed by atoms with Gasteiger partial charge in [0.15, 0.2) is 5.65 Å². The van der Waals surface area contributed by atoms with Gasteiger partial charge in [-0.2, -0.15) is 22.8 Å². The minimum Gasteiger partial charge on any atom is -0.481 e. The number of alkyl halides is 3. The molecule has 3 aromatic rings. The first-order valence-corrected chi connectivity index (χ1v) is 10.2. The number of halogens is 4. The fourth-order valence-electron chi connectivity index (χ4n) is 4.00. The third-order valence-electron chi connectivity index (χ3n) is 5.47. The fraction of sp³-hybridized carbons (Fsp3) is 0.381. The van der Waals surface area contributed by atoms with Crippen LogP contribution in [0.3, 0.4) is 0 Å². The lowest BCUT2D eigenvalue weighted by Gasteiger charge is -2.34. The second-order valence-corrected chi connectivity index (χ2v) is 8.16. The maximum Gasteiger partial charge on any atom is 0.393 e. The van der Waals surface area contributed by atoms with Crippen LogP contribution in [0.2, 0.25) is 5.02 Å². The third-order valence-corrected chi connectivity index (χ3v) is 5.72. The van der Waals surface area contributed by atoms with Gasteiger partial charge in [0, 0.05) is 41.0 Å². The number of carboxylic acid groups (broad SMARTS) is 1. The largest absolute Gasteiger partial charge is 0.481 e. The Hall–Kier alpha value is -2.81. The van der Waals surface area contributed by atoms with Gasteiger partial charge in [-0.1, -0.05) is 23.7 Å². The van der Waals surface area contributed by atoms with E-state index in [9.17, 15) is 23.1 Å². The molecule has 1 saturated heterocycles. The van der Waals surface area contributed by atoms with Gasteiger partial charge < -0.3 is 10.0 Å². The van der Waals surface area contributed by atoms with Gasteiger partial charge in [-0.05, 0) is 31.9 Å². The van der Waals surface area contributed by atoms with Gasteiger partial charge in [-0.15, -0.1) is 0 Å². The number of carboxylic acids is 1. The Labute approximate surface area is 181 Å². The van der Waals surface area contributed by atoms with E-state index in [2.05, 4.69) is 10.1 Å². The molecule has 31 heavy (non-hydrogen) atoms. The highest BCUT2D eigenvalue weighted by Gasteiger charge is 2.35. The molecule has 1 N–H and O–H groups in total. The molecule has 3 heterocycles. The van der Waals surface area contributed by atoms with Gasteiger partial charge in [0.2, 0.25) is 0 Å². The van der Waals surface area contributed by atoms with E-state index in [1.54, 1.807) is 35.2 Å². The van der Waals surface area contributed by atoms with E-state index in [1.165, 1.54) is 11.4 Å². The highest BCUT2D eigenvalue weighted by molar-refractivity contribution is 6.30. The van der Waals surface area contributed by atoms with Gasteiger partial charge in [-0.3, -0.25) is 4.79 Å². The van der Waals surface area contributed by atoms with E-state index in [1.807, 2.05) is 0 Å². The zero-order valence-electron chi connectivity index (χ0n) is 16.7. The first-order valence-electron chi connectivity index (χ1n) is 9.82. The lowest BCUT2D eigenvalue weighted by Crippen LogP contribution is -2.40. The fourth-order valence-corrected chi connectivity index (χ4v) is 4.13. The number of hydrogen-bond acceptors (Lipinski definition) is 4. The summed E-state index contributed by atoms with van der Waals surface area (Å²) in [6.07, 6.45) is -4.55. The van der Waals surface area contributed by atoms with Crippen molar-refractivity contribution in [3.8, 4) is 11.3 Å². The number of aryl methyl sites for hydroxylation is 1. The molecule has 1 fully saturated rings. The number of fused-ring (bicyclic) bond motifs is 1. The van der Waals surface area contributed by atoms with Crippen molar-refractivity contribution in [3.63, 3.8) is 0 Å². The molecule has 0 aliphatic carbocycles. The van der Waals surface area contributed by atoms with Crippen LogP contribution in [-0.4, -0.2) is 44.9 Å². The number of anilines is 1. The van der Waals surface area contributed by atoms with Crippen molar-refractivity contribution in [1.82, 2.24) is 14.6 Å². The summed E-state index contributed by atoms with van der Waals surface area (Å²) < 4.78 is 41.6. The molecule has 1 aromatic carbocycles. The summed E-state index contributed by atoms with van der Waals surface area (Å²) in [5.41, 5.74) is 1.95. The average Bonchev–Trinajstić information content (AvgIpc) is 3.11. The molecule has 0 spiro atoms. The maximum atomic E-state index is 13.4. The number of carbonyl (C=O) groups is 1. The van der Waals surface area contributed by atoms with Gasteiger partial charge in [0.25, 0.3) is 0 Å². The Bertz CT molecular complexity index is 1130. The van der Waals surface area contributed by atoms with E-state index >= 15 is 0 Å². The number of aliphatic carboxylic acids is 1. The van der Waals surface area contributed by atoms with Gasteiger partial charge in [0.05, 0.1) is 18.0 Å². The first kappa shape index (κ1) is 21.4. The summed E-state index contributed by atoms with van der Waals surface area (Å²) in [5, 5.41) is 14.6. The van der Waals surface area contributed by atoms with Crippen molar-refractivity contribution in [1.29, 1.82) is 0 Å². The number of nitrogens with zero attached hydrogens (tertiary/aromatic N) is 4. The Kier molecular flexibility index (Phi) is 5.55. The predicted molar refractivity (Wildman–Crippen MR) is 111 cm³/mol. The molecule has 2 aromatic heterocycles. The van der Waals surface area contributed by atoms with Crippen LogP contribution in [0.4, 0.5) is 19.0 Å². The summed E-state index contributed by atoms with van der Waals surface area (Å²) in [6.45, 7) is 2.11. The molecule has 164 valence electrons. The number of piperidine rings is 1. The van der Waals surface area contributed by atoms with E-state index < -0.39 is 24.5 Å². The molecule has 1 aliphatic heterocycles. The maximum absolute atomic E-state index is 13.4. The summed E-state index contributed by atoms with van der Waals surface area (Å²) >= 11 is 5.95. The SMILES string of the molecule is Cc1nc2cc(-c3ccc(Cl)cc3)nn2c(N2CCC[C@@H](C(=O)O)C2)c1CC(F)(F)F. The Morgan fingerprint density at radius 2 is 2.00 bits per heavy atom. The molecule has 0 saturated carbocycles. The quantitative estimate of drug-likeness (QED) is 0.617. The highest BCUT2D eigenvalue weighted by Crippen LogP contribution is 2.34. The van der Waals surface area contributed by atoms with E-state index in [4.69, 9.17) is 11.6 Å². The molecule has 6 nitrogen and oxygen atoms in total. The van der Waals surface area contributed by atoms with E-state index in [-0.39, 0.29) is 23.6 Å². The minimum atomic E-state index is -4.44. The van der Waals surface area contributed by atoms with E-state index in [0.717, 1.165) is 5.56 Å². The van der Waals surface area contributed by atoms with Crippen LogP contribution >= 0.6 is 11.6 Å². The standard InChI is InChI=1S/C21H20ClF3N4O2/c1-12-16(10-21(23,24)25)19(28-8-2-3-14(11-28)20(30)31)29-18(26-12)9-17(27-29)13-4-6-15(22)7-5-13/h4-7,9,14H,2-3,8,10-11H2,1H3,(H,30,31)/t14-/m1/s1. The predicted octanol–water partition coefficient (Wildman–Crippen LogP) is 4.76. The Morgan fingerprint density at radius 3 is 2.65 bits per heavy atom. The van der Waals surface area contributed by atoms with Gasteiger partial charge in [-0.25, -0.2) is 4.98 Å². The number of aromatic nitrogens is 3. The van der Waals surface area contributed by atoms with Crippen LogP contribution in [0, 0.1) is 12.8 Å². The minimum absolute atomic E-state index is 0.0109. The van der Waals surface area contributed by atoms with Crippen molar-refractivity contribution < 1.29 is 23.1 Å². The lowest BCUT2D eigenvalue weighted by atomic mass is 9.97. The Morgan fingerprint density at radius 1 is 1.29 bits per heavy atom. The highest BCUT2D eigenvalue weighted by atomic mass is 35.5. The summed E-state index contributed by atoms with van der Waals surface area (Å²) in [5.74, 6) is -1.35. The molecular formula is C21H20ClF3N4O2. The monoisotopic (exact) mass is 452 g/mol. The molecule has 1 aliphatic rings. The van der Waals surface area contributed by atoms with Crippen molar-refractivity contribution in [2.24, 2.45) is 5.92 Å². The normalized spacial score (nSPS) is 17.3. The van der Waals surface area contributed by atoms with Crippen molar-refractivity contribution >= 4 is 29.0 Å². The topological polar surface area (TPSA) is 70.7 Å². The smallest absolute Gasteiger partial charge is 0.393 e. The Balaban J connectivity index is 1.89.